The third-order valence-corrected chi connectivity index (χ3v) is 0.952. The topological polar surface area (TPSA) is 44.2 Å². The molecule has 0 saturated heterocycles. The minimum Gasteiger partial charge on any atom is -0.444 e. The summed E-state index contributed by atoms with van der Waals surface area (Å²) in [6, 6.07) is 0. The molecule has 0 fully saturated rings. The van der Waals surface area contributed by atoms with E-state index in [1.165, 1.54) is 19.3 Å². The molecule has 8 heavy (non-hydrogen) atoms. The number of hydrogen-bond acceptors (Lipinski definition) is 2. The Morgan fingerprint density at radius 1 is 1.38 bits per heavy atom. The van der Waals surface area contributed by atoms with Gasteiger partial charge in [-0.3, -0.25) is 0 Å². The lowest BCUT2D eigenvalue weighted by Crippen LogP contribution is -1.87. The van der Waals surface area contributed by atoms with Gasteiger partial charge in [0.2, 0.25) is 0 Å². The minimum absolute atomic E-state index is 0. The first-order valence-corrected chi connectivity index (χ1v) is 2.90. The molecule has 3 heteroatoms. The monoisotopic (exact) mass is 117 g/mol. The molecular weight excluding hydrogens is 101 g/mol. The quantitative estimate of drug-likeness (QED) is 0.439. The maximum atomic E-state index is 4.84. The third kappa shape index (κ3) is 9.37. The molecular formula is C5H16BNO. The molecule has 50 valence electrons. The first-order valence-electron chi connectivity index (χ1n) is 2.90. The summed E-state index contributed by atoms with van der Waals surface area (Å²) in [4.78, 5) is 0. The zero-order chi connectivity index (χ0) is 5.54. The van der Waals surface area contributed by atoms with E-state index in [4.69, 9.17) is 4.65 Å². The molecule has 0 radical (unpaired) electrons. The Bertz CT molecular complexity index is 31.6. The highest BCUT2D eigenvalue weighted by atomic mass is 16.4. The lowest BCUT2D eigenvalue weighted by Gasteiger charge is -1.93. The highest BCUT2D eigenvalue weighted by molar-refractivity contribution is 5.97. The molecule has 0 aliphatic carbocycles. The maximum Gasteiger partial charge on any atom is 0.257 e. The van der Waals surface area contributed by atoms with Crippen molar-refractivity contribution in [1.29, 1.82) is 0 Å². The van der Waals surface area contributed by atoms with Gasteiger partial charge >= 0.3 is 0 Å². The second kappa shape index (κ2) is 10.1. The molecule has 0 aromatic heterocycles. The summed E-state index contributed by atoms with van der Waals surface area (Å²) < 4.78 is 4.84. The molecule has 0 aliphatic heterocycles. The van der Waals surface area contributed by atoms with E-state index in [-0.39, 0.29) is 6.15 Å². The van der Waals surface area contributed by atoms with Gasteiger partial charge in [-0.05, 0) is 6.42 Å². The standard InChI is InChI=1S/C5H13BO.H3N/c1-2-3-4-5-7-6;/h2-6H2,1H3;1H3. The summed E-state index contributed by atoms with van der Waals surface area (Å²) in [6.07, 6.45) is 3.80. The Morgan fingerprint density at radius 3 is 2.38 bits per heavy atom. The van der Waals surface area contributed by atoms with Crippen molar-refractivity contribution in [2.24, 2.45) is 0 Å². The van der Waals surface area contributed by atoms with Gasteiger partial charge in [-0.15, -0.1) is 0 Å². The van der Waals surface area contributed by atoms with Crippen LogP contribution in [0.4, 0.5) is 0 Å². The van der Waals surface area contributed by atoms with Gasteiger partial charge in [0.05, 0.1) is 0 Å². The minimum atomic E-state index is 0. The number of hydrogen-bond donors (Lipinski definition) is 1. The van der Waals surface area contributed by atoms with Crippen LogP contribution in [0.5, 0.6) is 0 Å². The summed E-state index contributed by atoms with van der Waals surface area (Å²) in [6.45, 7) is 3.11. The van der Waals surface area contributed by atoms with Gasteiger partial charge in [-0.25, -0.2) is 0 Å². The van der Waals surface area contributed by atoms with Crippen molar-refractivity contribution >= 4 is 8.05 Å². The Hall–Kier alpha value is -0.0151. The van der Waals surface area contributed by atoms with E-state index in [9.17, 15) is 0 Å². The SMILES string of the molecule is BOCCCCC.N. The Kier molecular flexibility index (Phi) is 13.7. The first kappa shape index (κ1) is 10.9. The van der Waals surface area contributed by atoms with Crippen LogP contribution in [-0.2, 0) is 4.65 Å². The van der Waals surface area contributed by atoms with Gasteiger partial charge in [-0.2, -0.15) is 0 Å². The normalized spacial score (nSPS) is 8.12. The van der Waals surface area contributed by atoms with Crippen molar-refractivity contribution in [1.82, 2.24) is 6.15 Å². The van der Waals surface area contributed by atoms with E-state index in [2.05, 4.69) is 6.92 Å². The smallest absolute Gasteiger partial charge is 0.257 e. The first-order chi connectivity index (χ1) is 3.41. The van der Waals surface area contributed by atoms with Crippen molar-refractivity contribution < 1.29 is 4.65 Å². The molecule has 0 aliphatic rings. The van der Waals surface area contributed by atoms with Crippen molar-refractivity contribution in [3.63, 3.8) is 0 Å². The fourth-order valence-electron chi connectivity index (χ4n) is 0.496. The molecule has 0 atom stereocenters. The molecule has 0 rings (SSSR count). The molecule has 0 amide bonds. The van der Waals surface area contributed by atoms with Crippen LogP contribution in [0.15, 0.2) is 0 Å². The van der Waals surface area contributed by atoms with Gasteiger partial charge in [0, 0.05) is 6.61 Å². The molecule has 0 unspecified atom stereocenters. The molecule has 0 heterocycles. The second-order valence-electron chi connectivity index (χ2n) is 1.70. The van der Waals surface area contributed by atoms with Crippen molar-refractivity contribution in [3.8, 4) is 0 Å². The Labute approximate surface area is 52.6 Å². The average Bonchev–Trinajstić information content (AvgIpc) is 1.69. The largest absolute Gasteiger partial charge is 0.444 e. The predicted octanol–water partition coefficient (Wildman–Crippen LogP) is 0.903. The maximum absolute atomic E-state index is 4.84. The molecule has 0 aromatic rings. The number of rotatable bonds is 4. The second-order valence-corrected chi connectivity index (χ2v) is 1.70. The Balaban J connectivity index is 0. The third-order valence-electron chi connectivity index (χ3n) is 0.952. The average molecular weight is 117 g/mol. The predicted molar refractivity (Wildman–Crippen MR) is 39.0 cm³/mol. The van der Waals surface area contributed by atoms with Gasteiger partial charge in [0.15, 0.2) is 0 Å². The molecule has 0 aromatic carbocycles. The van der Waals surface area contributed by atoms with E-state index in [1.807, 2.05) is 0 Å². The summed E-state index contributed by atoms with van der Waals surface area (Å²) in [5, 5.41) is 0. The van der Waals surface area contributed by atoms with Crippen LogP contribution in [0.25, 0.3) is 0 Å². The van der Waals surface area contributed by atoms with Gasteiger partial charge in [0.1, 0.15) is 0 Å². The van der Waals surface area contributed by atoms with Crippen LogP contribution in [0.2, 0.25) is 0 Å². The van der Waals surface area contributed by atoms with Gasteiger partial charge in [0.25, 0.3) is 8.05 Å². The van der Waals surface area contributed by atoms with Crippen LogP contribution in [0.1, 0.15) is 26.2 Å². The highest BCUT2D eigenvalue weighted by Gasteiger charge is 1.79. The van der Waals surface area contributed by atoms with Gasteiger partial charge in [-0.1, -0.05) is 19.8 Å². The van der Waals surface area contributed by atoms with Gasteiger partial charge < -0.3 is 10.8 Å². The highest BCUT2D eigenvalue weighted by Crippen LogP contribution is 1.91. The van der Waals surface area contributed by atoms with E-state index >= 15 is 0 Å². The van der Waals surface area contributed by atoms with Crippen molar-refractivity contribution in [2.45, 2.75) is 26.2 Å². The molecule has 3 N–H and O–H groups in total. The van der Waals surface area contributed by atoms with E-state index in [1.54, 1.807) is 8.05 Å². The Morgan fingerprint density at radius 2 is 2.00 bits per heavy atom. The van der Waals surface area contributed by atoms with Crippen LogP contribution in [0, 0.1) is 0 Å². The van der Waals surface area contributed by atoms with E-state index in [0.29, 0.717) is 0 Å². The molecule has 0 spiro atoms. The van der Waals surface area contributed by atoms with Crippen LogP contribution in [0.3, 0.4) is 0 Å². The fraction of sp³-hybridized carbons (Fsp3) is 1.00. The number of unbranched alkanes of at least 4 members (excludes halogenated alkanes) is 2. The van der Waals surface area contributed by atoms with E-state index < -0.39 is 0 Å². The van der Waals surface area contributed by atoms with Crippen LogP contribution < -0.4 is 6.15 Å². The molecule has 0 saturated carbocycles. The van der Waals surface area contributed by atoms with Crippen LogP contribution in [-0.4, -0.2) is 14.7 Å². The summed E-state index contributed by atoms with van der Waals surface area (Å²) in [7, 11) is 1.75. The zero-order valence-corrected chi connectivity index (χ0v) is 5.94. The lowest BCUT2D eigenvalue weighted by atomic mass is 10.3. The van der Waals surface area contributed by atoms with Crippen molar-refractivity contribution in [2.75, 3.05) is 6.61 Å². The van der Waals surface area contributed by atoms with Crippen molar-refractivity contribution in [3.05, 3.63) is 0 Å². The molecule has 2 nitrogen and oxygen atoms in total. The summed E-state index contributed by atoms with van der Waals surface area (Å²) in [5.74, 6) is 0. The fourth-order valence-corrected chi connectivity index (χ4v) is 0.496. The summed E-state index contributed by atoms with van der Waals surface area (Å²) in [5.41, 5.74) is 0. The van der Waals surface area contributed by atoms with E-state index in [0.717, 1.165) is 6.61 Å². The van der Waals surface area contributed by atoms with Crippen LogP contribution >= 0.6 is 0 Å². The lowest BCUT2D eigenvalue weighted by molar-refractivity contribution is 0.335. The summed E-state index contributed by atoms with van der Waals surface area (Å²) >= 11 is 0. The molecule has 0 bridgehead atoms. The zero-order valence-electron chi connectivity index (χ0n) is 5.94.